The summed E-state index contributed by atoms with van der Waals surface area (Å²) in [5, 5.41) is 12.8. The SMILES string of the molecule is CNC[C@@H]1Oc2ccc(NS(=O)(=O)c3ccc(C)cc3)cc2C(=O)N([C@H](C)CO)C[C@H]1C. The first-order valence-corrected chi connectivity index (χ1v) is 12.1. The van der Waals surface area contributed by atoms with Crippen LogP contribution in [-0.4, -0.2) is 63.2 Å². The standard InChI is InChI=1S/C23H31N3O5S/c1-15-5-8-19(9-6-15)32(29,30)25-18-7-10-21-20(11-18)23(28)26(17(3)14-27)13-16(2)22(31-21)12-24-4/h5-11,16-17,22,24-25,27H,12-14H2,1-4H3/t16-,17-,22+/m1/s1. The zero-order valence-corrected chi connectivity index (χ0v) is 19.6. The van der Waals surface area contributed by atoms with Crippen LogP contribution in [0, 0.1) is 12.8 Å². The third-order valence-electron chi connectivity index (χ3n) is 5.65. The maximum atomic E-state index is 13.4. The summed E-state index contributed by atoms with van der Waals surface area (Å²) in [7, 11) is -1.99. The zero-order chi connectivity index (χ0) is 23.5. The van der Waals surface area contributed by atoms with Gasteiger partial charge in [0, 0.05) is 24.7 Å². The van der Waals surface area contributed by atoms with Crippen LogP contribution in [0.5, 0.6) is 5.75 Å². The van der Waals surface area contributed by atoms with Crippen molar-refractivity contribution < 1.29 is 23.1 Å². The van der Waals surface area contributed by atoms with Gasteiger partial charge in [0.2, 0.25) is 0 Å². The van der Waals surface area contributed by atoms with Crippen LogP contribution in [0.25, 0.3) is 0 Å². The van der Waals surface area contributed by atoms with E-state index in [9.17, 15) is 18.3 Å². The molecular formula is C23H31N3O5S. The van der Waals surface area contributed by atoms with Gasteiger partial charge in [-0.3, -0.25) is 9.52 Å². The topological polar surface area (TPSA) is 108 Å². The second-order valence-electron chi connectivity index (χ2n) is 8.31. The van der Waals surface area contributed by atoms with Gasteiger partial charge in [0.15, 0.2) is 0 Å². The number of fused-ring (bicyclic) bond motifs is 1. The number of benzene rings is 2. The molecule has 8 nitrogen and oxygen atoms in total. The number of nitrogens with one attached hydrogen (secondary N) is 2. The van der Waals surface area contributed by atoms with Gasteiger partial charge in [-0.1, -0.05) is 24.6 Å². The lowest BCUT2D eigenvalue weighted by Gasteiger charge is -2.37. The van der Waals surface area contributed by atoms with Crippen LogP contribution in [-0.2, 0) is 10.0 Å². The van der Waals surface area contributed by atoms with Crippen molar-refractivity contribution in [2.45, 2.75) is 37.8 Å². The number of carbonyl (C=O) groups excluding carboxylic acids is 1. The lowest BCUT2D eigenvalue weighted by atomic mass is 9.99. The van der Waals surface area contributed by atoms with E-state index < -0.39 is 10.0 Å². The van der Waals surface area contributed by atoms with Crippen molar-refractivity contribution in [3.05, 3.63) is 53.6 Å². The van der Waals surface area contributed by atoms with Gasteiger partial charge in [0.05, 0.1) is 23.1 Å². The molecule has 3 N–H and O–H groups in total. The Morgan fingerprint density at radius 1 is 1.22 bits per heavy atom. The van der Waals surface area contributed by atoms with Crippen LogP contribution in [0.3, 0.4) is 0 Å². The van der Waals surface area contributed by atoms with Crippen molar-refractivity contribution in [2.75, 3.05) is 31.5 Å². The Morgan fingerprint density at radius 2 is 1.91 bits per heavy atom. The number of likely N-dealkylation sites (N-methyl/N-ethyl adjacent to an activating group) is 1. The minimum atomic E-state index is -3.82. The van der Waals surface area contributed by atoms with Gasteiger partial charge in [0.25, 0.3) is 15.9 Å². The highest BCUT2D eigenvalue weighted by Crippen LogP contribution is 2.31. The Balaban J connectivity index is 1.99. The second-order valence-corrected chi connectivity index (χ2v) is 9.99. The molecule has 0 aliphatic carbocycles. The highest BCUT2D eigenvalue weighted by Gasteiger charge is 2.33. The fraction of sp³-hybridized carbons (Fsp3) is 0.435. The van der Waals surface area contributed by atoms with Gasteiger partial charge in [-0.05, 0) is 51.2 Å². The van der Waals surface area contributed by atoms with E-state index in [0.717, 1.165) is 5.56 Å². The smallest absolute Gasteiger partial charge is 0.261 e. The first-order valence-electron chi connectivity index (χ1n) is 10.6. The lowest BCUT2D eigenvalue weighted by Crippen LogP contribution is -2.49. The molecule has 0 saturated heterocycles. The predicted molar refractivity (Wildman–Crippen MR) is 124 cm³/mol. The van der Waals surface area contributed by atoms with Gasteiger partial charge in [-0.25, -0.2) is 8.42 Å². The fourth-order valence-electron chi connectivity index (χ4n) is 3.66. The number of hydrogen-bond donors (Lipinski definition) is 3. The molecule has 1 aliphatic rings. The molecule has 3 rings (SSSR count). The summed E-state index contributed by atoms with van der Waals surface area (Å²) < 4.78 is 34.3. The molecule has 0 spiro atoms. The third-order valence-corrected chi connectivity index (χ3v) is 7.05. The van der Waals surface area contributed by atoms with Crippen molar-refractivity contribution in [3.8, 4) is 5.75 Å². The molecule has 0 radical (unpaired) electrons. The van der Waals surface area contributed by atoms with E-state index in [1.807, 2.05) is 20.9 Å². The minimum absolute atomic E-state index is 0.0215. The summed E-state index contributed by atoms with van der Waals surface area (Å²) in [5.74, 6) is 0.0937. The number of ether oxygens (including phenoxy) is 1. The molecule has 2 aromatic carbocycles. The Hall–Kier alpha value is -2.62. The highest BCUT2D eigenvalue weighted by atomic mass is 32.2. The molecular weight excluding hydrogens is 430 g/mol. The van der Waals surface area contributed by atoms with E-state index in [0.29, 0.717) is 18.8 Å². The van der Waals surface area contributed by atoms with Crippen molar-refractivity contribution in [2.24, 2.45) is 5.92 Å². The summed E-state index contributed by atoms with van der Waals surface area (Å²) in [5.41, 5.74) is 1.47. The molecule has 2 aromatic rings. The van der Waals surface area contributed by atoms with E-state index in [-0.39, 0.29) is 46.7 Å². The second kappa shape index (κ2) is 9.89. The molecule has 0 saturated carbocycles. The molecule has 3 atom stereocenters. The van der Waals surface area contributed by atoms with Crippen LogP contribution >= 0.6 is 0 Å². The number of hydrogen-bond acceptors (Lipinski definition) is 6. The Bertz CT molecular complexity index is 1060. The van der Waals surface area contributed by atoms with E-state index in [2.05, 4.69) is 10.0 Å². The molecule has 1 amide bonds. The molecule has 0 unspecified atom stereocenters. The third kappa shape index (κ3) is 5.23. The highest BCUT2D eigenvalue weighted by molar-refractivity contribution is 7.92. The van der Waals surface area contributed by atoms with Gasteiger partial charge in [-0.2, -0.15) is 0 Å². The van der Waals surface area contributed by atoms with Crippen molar-refractivity contribution in [3.63, 3.8) is 0 Å². The van der Waals surface area contributed by atoms with E-state index in [1.54, 1.807) is 36.1 Å². The number of anilines is 1. The number of aliphatic hydroxyl groups excluding tert-OH is 1. The maximum absolute atomic E-state index is 13.4. The molecule has 0 aromatic heterocycles. The average molecular weight is 462 g/mol. The predicted octanol–water partition coefficient (Wildman–Crippen LogP) is 2.24. The molecule has 174 valence electrons. The number of rotatable bonds is 7. The summed E-state index contributed by atoms with van der Waals surface area (Å²) in [6.45, 7) is 6.48. The van der Waals surface area contributed by atoms with Crippen LogP contribution < -0.4 is 14.8 Å². The largest absolute Gasteiger partial charge is 0.488 e. The Labute approximate surface area is 189 Å². The van der Waals surface area contributed by atoms with Crippen LogP contribution in [0.4, 0.5) is 5.69 Å². The van der Waals surface area contributed by atoms with Crippen molar-refractivity contribution in [1.82, 2.24) is 10.2 Å². The van der Waals surface area contributed by atoms with Crippen LogP contribution in [0.2, 0.25) is 0 Å². The van der Waals surface area contributed by atoms with E-state index in [4.69, 9.17) is 4.74 Å². The summed E-state index contributed by atoms with van der Waals surface area (Å²) in [6.07, 6.45) is -0.199. The maximum Gasteiger partial charge on any atom is 0.261 e. The van der Waals surface area contributed by atoms with Gasteiger partial charge in [-0.15, -0.1) is 0 Å². The van der Waals surface area contributed by atoms with Crippen LogP contribution in [0.15, 0.2) is 47.4 Å². The van der Waals surface area contributed by atoms with E-state index >= 15 is 0 Å². The Morgan fingerprint density at radius 3 is 2.53 bits per heavy atom. The molecule has 0 bridgehead atoms. The number of carbonyl (C=O) groups is 1. The summed E-state index contributed by atoms with van der Waals surface area (Å²) in [4.78, 5) is 15.1. The average Bonchev–Trinajstić information content (AvgIpc) is 2.76. The molecule has 32 heavy (non-hydrogen) atoms. The first-order chi connectivity index (χ1) is 15.2. The number of nitrogens with zero attached hydrogens (tertiary/aromatic N) is 1. The Kier molecular flexibility index (Phi) is 7.43. The molecule has 0 fully saturated rings. The summed E-state index contributed by atoms with van der Waals surface area (Å²) in [6, 6.07) is 10.8. The lowest BCUT2D eigenvalue weighted by molar-refractivity contribution is 0.0416. The van der Waals surface area contributed by atoms with Gasteiger partial charge < -0.3 is 20.1 Å². The zero-order valence-electron chi connectivity index (χ0n) is 18.8. The van der Waals surface area contributed by atoms with Crippen molar-refractivity contribution >= 4 is 21.6 Å². The fourth-order valence-corrected chi connectivity index (χ4v) is 4.71. The number of aliphatic hydroxyl groups is 1. The normalized spacial score (nSPS) is 20.0. The molecule has 1 aliphatic heterocycles. The molecule has 1 heterocycles. The van der Waals surface area contributed by atoms with E-state index in [1.165, 1.54) is 18.2 Å². The summed E-state index contributed by atoms with van der Waals surface area (Å²) >= 11 is 0. The number of sulfonamides is 1. The van der Waals surface area contributed by atoms with Gasteiger partial charge >= 0.3 is 0 Å². The monoisotopic (exact) mass is 461 g/mol. The van der Waals surface area contributed by atoms with Crippen molar-refractivity contribution in [1.29, 1.82) is 0 Å². The molecule has 9 heteroatoms. The number of amides is 1. The quantitative estimate of drug-likeness (QED) is 0.584. The number of aryl methyl sites for hydroxylation is 1. The van der Waals surface area contributed by atoms with Gasteiger partial charge in [0.1, 0.15) is 11.9 Å². The van der Waals surface area contributed by atoms with Crippen LogP contribution in [0.1, 0.15) is 29.8 Å². The first kappa shape index (κ1) is 24.0. The minimum Gasteiger partial charge on any atom is -0.488 e.